The minimum atomic E-state index is -2.59. The molecule has 3 heterocycles. The van der Waals surface area contributed by atoms with E-state index < -0.39 is 7.36 Å². The van der Waals surface area contributed by atoms with Crippen molar-refractivity contribution in [2.45, 2.75) is 19.3 Å². The summed E-state index contributed by atoms with van der Waals surface area (Å²) >= 11 is 0. The predicted molar refractivity (Wildman–Crippen MR) is 136 cm³/mol. The van der Waals surface area contributed by atoms with Crippen molar-refractivity contribution in [1.29, 1.82) is 0 Å². The number of hydrazone groups is 1. The Labute approximate surface area is 199 Å². The highest BCUT2D eigenvalue weighted by molar-refractivity contribution is 7.67. The molecular weight excluding hydrogens is 451 g/mol. The lowest BCUT2D eigenvalue weighted by atomic mass is 9.84. The Bertz CT molecular complexity index is 1260. The maximum Gasteiger partial charge on any atom is 0.271 e. The Kier molecular flexibility index (Phi) is 5.59. The van der Waals surface area contributed by atoms with Crippen molar-refractivity contribution < 1.29 is 9.66 Å². The number of rotatable bonds is 3. The molecule has 9 nitrogen and oxygen atoms in total. The average Bonchev–Trinajstić information content (AvgIpc) is 3.25. The number of hydrogen-bond acceptors (Lipinski definition) is 6. The first-order chi connectivity index (χ1) is 16.3. The summed E-state index contributed by atoms with van der Waals surface area (Å²) in [6, 6.07) is 15.0. The Hall–Kier alpha value is -3.00. The van der Waals surface area contributed by atoms with Gasteiger partial charge < -0.3 is 9.64 Å². The highest BCUT2D eigenvalue weighted by atomic mass is 31.2. The molecule has 0 amide bonds. The topological polar surface area (TPSA) is 86.8 Å². The summed E-state index contributed by atoms with van der Waals surface area (Å²) in [5.74, 6) is 0. The predicted octanol–water partition coefficient (Wildman–Crippen LogP) is 5.16. The number of hydrogen-bond donors (Lipinski definition) is 0. The molecule has 34 heavy (non-hydrogen) atoms. The number of nitro groups is 1. The fraction of sp³-hybridized carbons (Fsp3) is 0.375. The molecule has 0 aromatic heterocycles. The van der Waals surface area contributed by atoms with E-state index in [9.17, 15) is 10.1 Å². The Morgan fingerprint density at radius 1 is 1.12 bits per heavy atom. The lowest BCUT2D eigenvalue weighted by Gasteiger charge is -2.41. The maximum atomic E-state index is 11.5. The molecule has 3 aliphatic heterocycles. The number of likely N-dealkylation sites (N-methyl/N-ethyl adjacent to an activating group) is 1. The first-order valence-electron chi connectivity index (χ1n) is 11.3. The monoisotopic (exact) mass is 480 g/mol. The molecule has 5 rings (SSSR count). The van der Waals surface area contributed by atoms with Crippen molar-refractivity contribution >= 4 is 30.6 Å². The van der Waals surface area contributed by atoms with Gasteiger partial charge in [-0.2, -0.15) is 5.10 Å². The molecule has 0 unspecified atom stereocenters. The number of anilines is 1. The van der Waals surface area contributed by atoms with Crippen LogP contribution in [-0.2, 0) is 10.2 Å². The van der Waals surface area contributed by atoms with Gasteiger partial charge in [-0.25, -0.2) is 14.2 Å². The largest absolute Gasteiger partial charge is 0.379 e. The van der Waals surface area contributed by atoms with Gasteiger partial charge in [0, 0.05) is 56.1 Å². The zero-order chi connectivity index (χ0) is 24.1. The molecule has 0 bridgehead atoms. The van der Waals surface area contributed by atoms with Crippen LogP contribution in [0.1, 0.15) is 19.4 Å². The molecular formula is C24H29N6O3P. The van der Waals surface area contributed by atoms with E-state index in [-0.39, 0.29) is 16.0 Å². The van der Waals surface area contributed by atoms with Crippen LogP contribution < -0.4 is 4.90 Å². The molecule has 0 saturated carbocycles. The van der Waals surface area contributed by atoms with E-state index in [1.165, 1.54) is 17.3 Å². The molecule has 1 saturated heterocycles. The second kappa shape index (κ2) is 8.34. The van der Waals surface area contributed by atoms with Gasteiger partial charge in [-0.15, -0.1) is 0 Å². The second-order valence-electron chi connectivity index (χ2n) is 9.18. The van der Waals surface area contributed by atoms with E-state index in [1.807, 2.05) is 24.1 Å². The van der Waals surface area contributed by atoms with Gasteiger partial charge in [0.15, 0.2) is 7.36 Å². The number of ether oxygens (including phenoxy) is 1. The number of para-hydroxylation sites is 1. The SMILES string of the molecule is CN1/C(=C2\C=NN(C)[P@@]2(=Nc2cccc([N+](=O)[O-])c2)N2CCOCC2)C(C)(C)c2ccccc21. The van der Waals surface area contributed by atoms with E-state index in [1.54, 1.807) is 12.1 Å². The van der Waals surface area contributed by atoms with Gasteiger partial charge in [-0.05, 0) is 17.7 Å². The number of benzene rings is 2. The molecule has 0 N–H and O–H groups in total. The molecule has 2 aromatic carbocycles. The smallest absolute Gasteiger partial charge is 0.271 e. The van der Waals surface area contributed by atoms with Gasteiger partial charge in [0.1, 0.15) is 0 Å². The van der Waals surface area contributed by atoms with Gasteiger partial charge in [0.25, 0.3) is 5.69 Å². The summed E-state index contributed by atoms with van der Waals surface area (Å²) in [6.45, 7) is 7.14. The summed E-state index contributed by atoms with van der Waals surface area (Å²) in [5, 5.41) is 17.3. The number of non-ortho nitro benzene ring substituents is 1. The fourth-order valence-electron chi connectivity index (χ4n) is 5.28. The van der Waals surface area contributed by atoms with Crippen molar-refractivity contribution in [2.75, 3.05) is 45.3 Å². The molecule has 0 aliphatic carbocycles. The lowest BCUT2D eigenvalue weighted by Crippen LogP contribution is -2.37. The second-order valence-corrected chi connectivity index (χ2v) is 12.1. The van der Waals surface area contributed by atoms with E-state index in [4.69, 9.17) is 14.6 Å². The van der Waals surface area contributed by atoms with Crippen molar-refractivity contribution in [3.63, 3.8) is 0 Å². The minimum Gasteiger partial charge on any atom is -0.379 e. The summed E-state index contributed by atoms with van der Waals surface area (Å²) in [4.78, 5) is 13.3. The number of morpholine rings is 1. The zero-order valence-corrected chi connectivity index (χ0v) is 20.8. The molecule has 2 aromatic rings. The Morgan fingerprint density at radius 2 is 1.85 bits per heavy atom. The standard InChI is InChI=1S/C24H29N6O3P/c1-24(2)20-10-5-6-11-21(20)27(3)23(24)22-17-25-28(4)34(22,29-12-14-33-15-13-29)26-18-8-7-9-19(16-18)30(31)32/h5-11,16-17H,12-15H2,1-4H3/b23-22+/t34-/m1/s1. The summed E-state index contributed by atoms with van der Waals surface area (Å²) in [6.07, 6.45) is 1.95. The maximum absolute atomic E-state index is 11.5. The lowest BCUT2D eigenvalue weighted by molar-refractivity contribution is -0.384. The quantitative estimate of drug-likeness (QED) is 0.343. The summed E-state index contributed by atoms with van der Waals surface area (Å²) in [7, 11) is 1.48. The van der Waals surface area contributed by atoms with E-state index >= 15 is 0 Å². The molecule has 0 spiro atoms. The zero-order valence-electron chi connectivity index (χ0n) is 19.9. The number of allylic oxidation sites excluding steroid dienone is 2. The van der Waals surface area contributed by atoms with E-state index in [0.29, 0.717) is 32.0 Å². The van der Waals surface area contributed by atoms with Gasteiger partial charge in [0.05, 0.1) is 35.4 Å². The Morgan fingerprint density at radius 3 is 2.56 bits per heavy atom. The molecule has 10 heteroatoms. The van der Waals surface area contributed by atoms with E-state index in [2.05, 4.69) is 54.7 Å². The molecule has 3 aliphatic rings. The highest BCUT2D eigenvalue weighted by Crippen LogP contribution is 2.69. The third-order valence-electron chi connectivity index (χ3n) is 6.86. The van der Waals surface area contributed by atoms with Gasteiger partial charge in [-0.3, -0.25) is 10.1 Å². The van der Waals surface area contributed by atoms with Crippen molar-refractivity contribution in [3.05, 3.63) is 75.2 Å². The molecule has 1 fully saturated rings. The first-order valence-corrected chi connectivity index (χ1v) is 13.0. The van der Waals surface area contributed by atoms with Crippen LogP contribution in [0.4, 0.5) is 17.1 Å². The number of nitrogens with zero attached hydrogens (tertiary/aromatic N) is 6. The van der Waals surface area contributed by atoms with Crippen molar-refractivity contribution in [3.8, 4) is 0 Å². The fourth-order valence-corrected chi connectivity index (χ4v) is 8.91. The Balaban J connectivity index is 1.80. The normalized spacial score (nSPS) is 26.1. The number of nitro benzene ring substituents is 1. The van der Waals surface area contributed by atoms with Crippen LogP contribution in [0, 0.1) is 10.1 Å². The third-order valence-corrected chi connectivity index (χ3v) is 10.4. The summed E-state index contributed by atoms with van der Waals surface area (Å²) in [5.41, 5.74) is 3.96. The first kappa shape index (κ1) is 22.8. The van der Waals surface area contributed by atoms with Crippen molar-refractivity contribution in [1.82, 2.24) is 9.45 Å². The van der Waals surface area contributed by atoms with Crippen LogP contribution in [0.15, 0.2) is 69.4 Å². The van der Waals surface area contributed by atoms with Crippen LogP contribution >= 0.6 is 7.36 Å². The van der Waals surface area contributed by atoms with Crippen molar-refractivity contribution in [2.24, 2.45) is 9.85 Å². The van der Waals surface area contributed by atoms with Crippen LogP contribution in [0.3, 0.4) is 0 Å². The van der Waals surface area contributed by atoms with Gasteiger partial charge in [-0.1, -0.05) is 38.1 Å². The minimum absolute atomic E-state index is 0.0315. The average molecular weight is 481 g/mol. The van der Waals surface area contributed by atoms with Crippen LogP contribution in [0.25, 0.3) is 0 Å². The van der Waals surface area contributed by atoms with Gasteiger partial charge in [0.2, 0.25) is 0 Å². The van der Waals surface area contributed by atoms with Crippen LogP contribution in [0.2, 0.25) is 0 Å². The van der Waals surface area contributed by atoms with E-state index in [0.717, 1.165) is 11.0 Å². The van der Waals surface area contributed by atoms with Crippen LogP contribution in [-0.4, -0.2) is 61.0 Å². The third kappa shape index (κ3) is 3.38. The van der Waals surface area contributed by atoms with Gasteiger partial charge >= 0.3 is 0 Å². The molecule has 1 atom stereocenters. The molecule has 0 radical (unpaired) electrons. The number of fused-ring (bicyclic) bond motifs is 1. The molecule has 178 valence electrons. The van der Waals surface area contributed by atoms with Crippen LogP contribution in [0.5, 0.6) is 0 Å². The summed E-state index contributed by atoms with van der Waals surface area (Å²) < 4.78 is 15.3. The highest BCUT2D eigenvalue weighted by Gasteiger charge is 2.48.